The van der Waals surface area contributed by atoms with E-state index in [9.17, 15) is 9.59 Å². The number of ether oxygens (including phenoxy) is 1. The van der Waals surface area contributed by atoms with Crippen molar-refractivity contribution in [1.82, 2.24) is 4.98 Å². The van der Waals surface area contributed by atoms with Crippen LogP contribution >= 0.6 is 11.6 Å². The number of anilines is 1. The first-order valence-corrected chi connectivity index (χ1v) is 8.90. The second kappa shape index (κ2) is 6.70. The molecule has 1 aliphatic rings. The minimum Gasteiger partial charge on any atom is -0.469 e. The Morgan fingerprint density at radius 2 is 2.15 bits per heavy atom. The lowest BCUT2D eigenvalue weighted by atomic mass is 10.1. The Labute approximate surface area is 160 Å². The maximum Gasteiger partial charge on any atom is 0.311 e. The number of carbonyl (C=O) groups is 2. The van der Waals surface area contributed by atoms with E-state index in [0.29, 0.717) is 28.6 Å². The van der Waals surface area contributed by atoms with Gasteiger partial charge >= 0.3 is 5.97 Å². The summed E-state index contributed by atoms with van der Waals surface area (Å²) in [7, 11) is 1.33. The molecule has 1 fully saturated rings. The van der Waals surface area contributed by atoms with Gasteiger partial charge in [0.15, 0.2) is 5.58 Å². The summed E-state index contributed by atoms with van der Waals surface area (Å²) < 4.78 is 10.6. The van der Waals surface area contributed by atoms with Gasteiger partial charge in [0, 0.05) is 29.2 Å². The lowest BCUT2D eigenvalue weighted by molar-refractivity contribution is -0.145. The molecule has 138 valence electrons. The molecule has 0 spiro atoms. The van der Waals surface area contributed by atoms with E-state index >= 15 is 0 Å². The number of amides is 1. The van der Waals surface area contributed by atoms with Gasteiger partial charge in [0.2, 0.25) is 11.8 Å². The number of benzene rings is 2. The van der Waals surface area contributed by atoms with Gasteiger partial charge in [-0.25, -0.2) is 4.98 Å². The molecule has 0 saturated carbocycles. The molecule has 1 aromatic heterocycles. The van der Waals surface area contributed by atoms with Crippen LogP contribution < -0.4 is 4.90 Å². The fraction of sp³-hybridized carbons (Fsp3) is 0.250. The summed E-state index contributed by atoms with van der Waals surface area (Å²) in [6, 6.07) is 10.9. The number of methoxy groups -OCH3 is 1. The Hall–Kier alpha value is -2.86. The van der Waals surface area contributed by atoms with E-state index < -0.39 is 5.92 Å². The third-order valence-electron chi connectivity index (χ3n) is 4.84. The number of nitrogens with zero attached hydrogens (tertiary/aromatic N) is 2. The van der Waals surface area contributed by atoms with Gasteiger partial charge < -0.3 is 14.1 Å². The molecule has 6 nitrogen and oxygen atoms in total. The van der Waals surface area contributed by atoms with Crippen molar-refractivity contribution in [3.8, 4) is 11.5 Å². The summed E-state index contributed by atoms with van der Waals surface area (Å²) in [5.41, 5.74) is 3.69. The van der Waals surface area contributed by atoms with Gasteiger partial charge in [-0.1, -0.05) is 17.7 Å². The number of oxazole rings is 1. The molecular weight excluding hydrogens is 368 g/mol. The standard InChI is InChI=1S/C20H17ClN2O4/c1-11-14(19-22-15-9-13(21)6-7-17(15)27-19)4-3-5-16(11)23-10-12(8-18(23)24)20(25)26-2/h3-7,9,12H,8,10H2,1-2H3. The molecule has 1 unspecified atom stereocenters. The number of halogens is 1. The maximum atomic E-state index is 12.4. The molecule has 1 amide bonds. The van der Waals surface area contributed by atoms with E-state index in [-0.39, 0.29) is 18.3 Å². The number of fused-ring (bicyclic) bond motifs is 1. The van der Waals surface area contributed by atoms with Crippen molar-refractivity contribution in [2.45, 2.75) is 13.3 Å². The average Bonchev–Trinajstić information content (AvgIpc) is 3.24. The molecule has 3 aromatic rings. The third kappa shape index (κ3) is 3.06. The summed E-state index contributed by atoms with van der Waals surface area (Å²) in [5, 5.41) is 0.587. The Bertz CT molecular complexity index is 1060. The van der Waals surface area contributed by atoms with Gasteiger partial charge in [-0.3, -0.25) is 9.59 Å². The lowest BCUT2D eigenvalue weighted by Gasteiger charge is -2.20. The molecule has 0 radical (unpaired) electrons. The number of esters is 1. The highest BCUT2D eigenvalue weighted by Gasteiger charge is 2.36. The Morgan fingerprint density at radius 3 is 2.93 bits per heavy atom. The molecule has 2 heterocycles. The fourth-order valence-electron chi connectivity index (χ4n) is 3.43. The highest BCUT2D eigenvalue weighted by atomic mass is 35.5. The van der Waals surface area contributed by atoms with Crippen LogP contribution in [-0.4, -0.2) is 30.5 Å². The summed E-state index contributed by atoms with van der Waals surface area (Å²) in [6.07, 6.45) is 0.151. The second-order valence-electron chi connectivity index (χ2n) is 6.51. The van der Waals surface area contributed by atoms with E-state index in [4.69, 9.17) is 20.8 Å². The number of aromatic nitrogens is 1. The molecule has 0 bridgehead atoms. The SMILES string of the molecule is COC(=O)C1CC(=O)N(c2cccc(-c3nc4cc(Cl)ccc4o3)c2C)C1. The van der Waals surface area contributed by atoms with Crippen LogP contribution in [0.4, 0.5) is 5.69 Å². The Balaban J connectivity index is 1.72. The van der Waals surface area contributed by atoms with Crippen molar-refractivity contribution < 1.29 is 18.7 Å². The van der Waals surface area contributed by atoms with Gasteiger partial charge in [-0.2, -0.15) is 0 Å². The zero-order chi connectivity index (χ0) is 19.1. The van der Waals surface area contributed by atoms with E-state index in [1.807, 2.05) is 25.1 Å². The van der Waals surface area contributed by atoms with Crippen molar-refractivity contribution in [2.24, 2.45) is 5.92 Å². The molecule has 4 rings (SSSR count). The van der Waals surface area contributed by atoms with E-state index in [0.717, 1.165) is 16.8 Å². The summed E-state index contributed by atoms with van der Waals surface area (Å²) in [5.74, 6) is -0.453. The highest BCUT2D eigenvalue weighted by Crippen LogP contribution is 2.35. The van der Waals surface area contributed by atoms with E-state index in [1.165, 1.54) is 7.11 Å². The first-order chi connectivity index (χ1) is 13.0. The number of carbonyl (C=O) groups excluding carboxylic acids is 2. The summed E-state index contributed by atoms with van der Waals surface area (Å²) in [4.78, 5) is 30.4. The number of rotatable bonds is 3. The van der Waals surface area contributed by atoms with Crippen LogP contribution in [0.15, 0.2) is 40.8 Å². The Kier molecular flexibility index (Phi) is 4.36. The molecule has 2 aromatic carbocycles. The van der Waals surface area contributed by atoms with Gasteiger partial charge in [0.25, 0.3) is 0 Å². The topological polar surface area (TPSA) is 72.6 Å². The minimum atomic E-state index is -0.447. The quantitative estimate of drug-likeness (QED) is 0.638. The lowest BCUT2D eigenvalue weighted by Crippen LogP contribution is -2.27. The molecule has 7 heteroatoms. The molecule has 0 N–H and O–H groups in total. The van der Waals surface area contributed by atoms with Crippen LogP contribution in [0.2, 0.25) is 5.02 Å². The number of hydrogen-bond donors (Lipinski definition) is 0. The average molecular weight is 385 g/mol. The normalized spacial score (nSPS) is 16.9. The fourth-order valence-corrected chi connectivity index (χ4v) is 3.59. The van der Waals surface area contributed by atoms with Crippen molar-refractivity contribution >= 4 is 40.3 Å². The monoisotopic (exact) mass is 384 g/mol. The van der Waals surface area contributed by atoms with Gasteiger partial charge in [-0.15, -0.1) is 0 Å². The van der Waals surface area contributed by atoms with Crippen molar-refractivity contribution in [3.63, 3.8) is 0 Å². The largest absolute Gasteiger partial charge is 0.469 e. The zero-order valence-corrected chi connectivity index (χ0v) is 15.6. The smallest absolute Gasteiger partial charge is 0.311 e. The van der Waals surface area contributed by atoms with Crippen molar-refractivity contribution in [1.29, 1.82) is 0 Å². The minimum absolute atomic E-state index is 0.102. The van der Waals surface area contributed by atoms with Crippen LogP contribution in [0, 0.1) is 12.8 Å². The molecular formula is C20H17ClN2O4. The van der Waals surface area contributed by atoms with Crippen molar-refractivity contribution in [3.05, 3.63) is 47.0 Å². The van der Waals surface area contributed by atoms with Crippen LogP contribution in [-0.2, 0) is 14.3 Å². The van der Waals surface area contributed by atoms with Crippen LogP contribution in [0.3, 0.4) is 0 Å². The molecule has 1 atom stereocenters. The van der Waals surface area contributed by atoms with Crippen LogP contribution in [0.5, 0.6) is 0 Å². The maximum absolute atomic E-state index is 12.4. The molecule has 0 aliphatic carbocycles. The van der Waals surface area contributed by atoms with Crippen LogP contribution in [0.25, 0.3) is 22.6 Å². The van der Waals surface area contributed by atoms with Crippen LogP contribution in [0.1, 0.15) is 12.0 Å². The zero-order valence-electron chi connectivity index (χ0n) is 14.9. The van der Waals surface area contributed by atoms with E-state index in [1.54, 1.807) is 23.1 Å². The van der Waals surface area contributed by atoms with Gasteiger partial charge in [0.05, 0.1) is 13.0 Å². The second-order valence-corrected chi connectivity index (χ2v) is 6.95. The first-order valence-electron chi connectivity index (χ1n) is 8.52. The number of hydrogen-bond acceptors (Lipinski definition) is 5. The predicted molar refractivity (Wildman–Crippen MR) is 102 cm³/mol. The van der Waals surface area contributed by atoms with Crippen molar-refractivity contribution in [2.75, 3.05) is 18.6 Å². The molecule has 1 aliphatic heterocycles. The Morgan fingerprint density at radius 1 is 1.33 bits per heavy atom. The summed E-state index contributed by atoms with van der Waals surface area (Å²) >= 11 is 6.02. The van der Waals surface area contributed by atoms with Gasteiger partial charge in [-0.05, 0) is 42.8 Å². The first kappa shape index (κ1) is 17.5. The highest BCUT2D eigenvalue weighted by molar-refractivity contribution is 6.31. The van der Waals surface area contributed by atoms with E-state index in [2.05, 4.69) is 4.98 Å². The molecule has 27 heavy (non-hydrogen) atoms. The van der Waals surface area contributed by atoms with Gasteiger partial charge in [0.1, 0.15) is 5.52 Å². The summed E-state index contributed by atoms with van der Waals surface area (Å²) in [6.45, 7) is 2.21. The molecule has 1 saturated heterocycles. The predicted octanol–water partition coefficient (Wildman–Crippen LogP) is 3.98. The third-order valence-corrected chi connectivity index (χ3v) is 5.07.